The van der Waals surface area contributed by atoms with Crippen molar-refractivity contribution < 1.29 is 0 Å². The van der Waals surface area contributed by atoms with Crippen LogP contribution in [-0.4, -0.2) is 9.97 Å². The highest BCUT2D eigenvalue weighted by molar-refractivity contribution is 5.64. The van der Waals surface area contributed by atoms with Crippen LogP contribution in [0, 0.1) is 13.8 Å². The van der Waals surface area contributed by atoms with Crippen LogP contribution in [0.1, 0.15) is 35.6 Å². The van der Waals surface area contributed by atoms with Gasteiger partial charge in [-0.1, -0.05) is 18.2 Å². The molecule has 3 rings (SSSR count). The van der Waals surface area contributed by atoms with E-state index in [-0.39, 0.29) is 5.56 Å². The molecule has 0 spiro atoms. The third kappa shape index (κ3) is 1.96. The molecule has 0 atom stereocenters. The summed E-state index contributed by atoms with van der Waals surface area (Å²) in [5.74, 6) is 1.20. The fraction of sp³-hybridized carbons (Fsp3) is 0.333. The zero-order chi connectivity index (χ0) is 12.7. The largest absolute Gasteiger partial charge is 0.306 e. The normalized spacial score (nSPS) is 14.8. The SMILES string of the molecule is Cc1cccc(C)c1-c1nc(C2CC2)cc(=O)[nH]1. The molecule has 0 bridgehead atoms. The Morgan fingerprint density at radius 2 is 1.89 bits per heavy atom. The first-order chi connectivity index (χ1) is 8.65. The summed E-state index contributed by atoms with van der Waals surface area (Å²) in [6.07, 6.45) is 2.31. The number of aromatic amines is 1. The summed E-state index contributed by atoms with van der Waals surface area (Å²) < 4.78 is 0. The van der Waals surface area contributed by atoms with E-state index in [2.05, 4.69) is 9.97 Å². The maximum atomic E-state index is 11.7. The smallest absolute Gasteiger partial charge is 0.251 e. The van der Waals surface area contributed by atoms with Crippen LogP contribution in [0.5, 0.6) is 0 Å². The summed E-state index contributed by atoms with van der Waals surface area (Å²) in [6, 6.07) is 7.75. The lowest BCUT2D eigenvalue weighted by Gasteiger charge is -2.09. The van der Waals surface area contributed by atoms with Gasteiger partial charge in [0.1, 0.15) is 5.82 Å². The van der Waals surface area contributed by atoms with Crippen LogP contribution in [-0.2, 0) is 0 Å². The van der Waals surface area contributed by atoms with Crippen LogP contribution in [0.25, 0.3) is 11.4 Å². The van der Waals surface area contributed by atoms with E-state index in [1.807, 2.05) is 32.0 Å². The lowest BCUT2D eigenvalue weighted by Crippen LogP contribution is -2.10. The molecule has 2 aromatic rings. The lowest BCUT2D eigenvalue weighted by atomic mass is 10.0. The van der Waals surface area contributed by atoms with Gasteiger partial charge in [-0.15, -0.1) is 0 Å². The molecule has 1 saturated carbocycles. The molecule has 92 valence electrons. The molecule has 3 heteroatoms. The molecule has 0 unspecified atom stereocenters. The third-order valence-electron chi connectivity index (χ3n) is 3.48. The first-order valence-corrected chi connectivity index (χ1v) is 6.33. The Bertz CT molecular complexity index is 634. The van der Waals surface area contributed by atoms with E-state index in [1.165, 1.54) is 0 Å². The molecule has 1 N–H and O–H groups in total. The van der Waals surface area contributed by atoms with E-state index in [0.29, 0.717) is 11.7 Å². The average Bonchev–Trinajstić information content (AvgIpc) is 3.11. The molecule has 1 aliphatic carbocycles. The minimum absolute atomic E-state index is 0.0513. The van der Waals surface area contributed by atoms with Gasteiger partial charge in [-0.2, -0.15) is 0 Å². The number of rotatable bonds is 2. The fourth-order valence-electron chi connectivity index (χ4n) is 2.37. The molecule has 0 saturated heterocycles. The molecule has 1 aromatic heterocycles. The van der Waals surface area contributed by atoms with Crippen LogP contribution in [0.2, 0.25) is 0 Å². The second kappa shape index (κ2) is 4.09. The van der Waals surface area contributed by atoms with Crippen molar-refractivity contribution >= 4 is 0 Å². The van der Waals surface area contributed by atoms with Gasteiger partial charge in [0.25, 0.3) is 5.56 Å². The topological polar surface area (TPSA) is 45.8 Å². The van der Waals surface area contributed by atoms with E-state index in [4.69, 9.17) is 0 Å². The summed E-state index contributed by atoms with van der Waals surface area (Å²) in [7, 11) is 0. The molecule has 1 fully saturated rings. The monoisotopic (exact) mass is 240 g/mol. The number of hydrogen-bond donors (Lipinski definition) is 1. The zero-order valence-corrected chi connectivity index (χ0v) is 10.7. The molecular weight excluding hydrogens is 224 g/mol. The van der Waals surface area contributed by atoms with Gasteiger partial charge in [-0.3, -0.25) is 4.79 Å². The lowest BCUT2D eigenvalue weighted by molar-refractivity contribution is 0.974. The summed E-state index contributed by atoms with van der Waals surface area (Å²) in [6.45, 7) is 4.10. The molecule has 3 nitrogen and oxygen atoms in total. The van der Waals surface area contributed by atoms with Gasteiger partial charge in [-0.05, 0) is 37.8 Å². The molecule has 0 radical (unpaired) electrons. The second-order valence-corrected chi connectivity index (χ2v) is 5.06. The Kier molecular flexibility index (Phi) is 2.54. The quantitative estimate of drug-likeness (QED) is 0.877. The second-order valence-electron chi connectivity index (χ2n) is 5.06. The predicted molar refractivity (Wildman–Crippen MR) is 71.7 cm³/mol. The van der Waals surface area contributed by atoms with Gasteiger partial charge >= 0.3 is 0 Å². The molecular formula is C15H16N2O. The maximum Gasteiger partial charge on any atom is 0.251 e. The van der Waals surface area contributed by atoms with Crippen LogP contribution >= 0.6 is 0 Å². The number of aromatic nitrogens is 2. The van der Waals surface area contributed by atoms with Crippen LogP contribution < -0.4 is 5.56 Å². The summed E-state index contributed by atoms with van der Waals surface area (Å²) in [5.41, 5.74) is 4.23. The Balaban J connectivity index is 2.19. The number of benzene rings is 1. The van der Waals surface area contributed by atoms with Gasteiger partial charge in [0, 0.05) is 17.5 Å². The number of nitrogens with one attached hydrogen (secondary N) is 1. The van der Waals surface area contributed by atoms with Crippen molar-refractivity contribution in [2.75, 3.05) is 0 Å². The Morgan fingerprint density at radius 3 is 2.50 bits per heavy atom. The van der Waals surface area contributed by atoms with E-state index < -0.39 is 0 Å². The van der Waals surface area contributed by atoms with E-state index in [9.17, 15) is 4.79 Å². The number of hydrogen-bond acceptors (Lipinski definition) is 2. The average molecular weight is 240 g/mol. The minimum atomic E-state index is -0.0513. The summed E-state index contributed by atoms with van der Waals surface area (Å²) >= 11 is 0. The molecule has 0 amide bonds. The van der Waals surface area contributed by atoms with Crippen molar-refractivity contribution in [1.29, 1.82) is 0 Å². The number of aryl methyl sites for hydroxylation is 2. The van der Waals surface area contributed by atoms with E-state index in [0.717, 1.165) is 35.2 Å². The Labute approximate surface area is 106 Å². The highest BCUT2D eigenvalue weighted by Crippen LogP contribution is 2.39. The standard InChI is InChI=1S/C15H16N2O/c1-9-4-3-5-10(2)14(9)15-16-12(11-6-7-11)8-13(18)17-15/h3-5,8,11H,6-7H2,1-2H3,(H,16,17,18). The summed E-state index contributed by atoms with van der Waals surface area (Å²) in [5, 5.41) is 0. The minimum Gasteiger partial charge on any atom is -0.306 e. The third-order valence-corrected chi connectivity index (χ3v) is 3.48. The van der Waals surface area contributed by atoms with Gasteiger partial charge < -0.3 is 4.98 Å². The molecule has 1 aliphatic rings. The van der Waals surface area contributed by atoms with Crippen LogP contribution in [0.4, 0.5) is 0 Å². The molecule has 1 aromatic carbocycles. The number of nitrogens with zero attached hydrogens (tertiary/aromatic N) is 1. The summed E-state index contributed by atoms with van der Waals surface area (Å²) in [4.78, 5) is 19.2. The van der Waals surface area contributed by atoms with Crippen molar-refractivity contribution in [1.82, 2.24) is 9.97 Å². The fourth-order valence-corrected chi connectivity index (χ4v) is 2.37. The van der Waals surface area contributed by atoms with Gasteiger partial charge in [0.15, 0.2) is 0 Å². The first kappa shape index (κ1) is 11.2. The van der Waals surface area contributed by atoms with Gasteiger partial charge in [0.05, 0.1) is 5.69 Å². The van der Waals surface area contributed by atoms with Gasteiger partial charge in [0.2, 0.25) is 0 Å². The molecule has 1 heterocycles. The Hall–Kier alpha value is -1.90. The van der Waals surface area contributed by atoms with E-state index in [1.54, 1.807) is 6.07 Å². The number of H-pyrrole nitrogens is 1. The highest BCUT2D eigenvalue weighted by Gasteiger charge is 2.26. The molecule has 0 aliphatic heterocycles. The van der Waals surface area contributed by atoms with Crippen molar-refractivity contribution in [3.63, 3.8) is 0 Å². The zero-order valence-electron chi connectivity index (χ0n) is 10.7. The van der Waals surface area contributed by atoms with Crippen molar-refractivity contribution in [2.45, 2.75) is 32.6 Å². The van der Waals surface area contributed by atoms with Crippen molar-refractivity contribution in [2.24, 2.45) is 0 Å². The Morgan fingerprint density at radius 1 is 1.22 bits per heavy atom. The van der Waals surface area contributed by atoms with Crippen molar-refractivity contribution in [3.05, 3.63) is 51.4 Å². The first-order valence-electron chi connectivity index (χ1n) is 6.33. The van der Waals surface area contributed by atoms with Crippen LogP contribution in [0.15, 0.2) is 29.1 Å². The highest BCUT2D eigenvalue weighted by atomic mass is 16.1. The van der Waals surface area contributed by atoms with Gasteiger partial charge in [-0.25, -0.2) is 4.98 Å². The van der Waals surface area contributed by atoms with Crippen molar-refractivity contribution in [3.8, 4) is 11.4 Å². The van der Waals surface area contributed by atoms with Crippen LogP contribution in [0.3, 0.4) is 0 Å². The predicted octanol–water partition coefficient (Wildman–Crippen LogP) is 2.93. The molecule has 18 heavy (non-hydrogen) atoms. The maximum absolute atomic E-state index is 11.7. The van der Waals surface area contributed by atoms with E-state index >= 15 is 0 Å².